The van der Waals surface area contributed by atoms with Gasteiger partial charge in [0.2, 0.25) is 0 Å². The molecule has 0 radical (unpaired) electrons. The lowest BCUT2D eigenvalue weighted by Crippen LogP contribution is -1.63. The maximum Gasteiger partial charge on any atom is 0.317 e. The molecule has 0 aromatic carbocycles. The second-order valence-electron chi connectivity index (χ2n) is 0.378. The predicted octanol–water partition coefficient (Wildman–Crippen LogP) is 0.871. The Kier molecular flexibility index (Phi) is 4.25. The first-order valence-electron chi connectivity index (χ1n) is 0.642. The van der Waals surface area contributed by atoms with Crippen LogP contribution < -0.4 is 6.15 Å². The topological polar surface area (TPSA) is 69.1 Å². The lowest BCUT2D eigenvalue weighted by Gasteiger charge is -1.61. The quantitative estimate of drug-likeness (QED) is 0.523. The van der Waals surface area contributed by atoms with Gasteiger partial charge in [-0.25, -0.2) is 0 Å². The van der Waals surface area contributed by atoms with E-state index in [1.807, 2.05) is 0 Å². The van der Waals surface area contributed by atoms with Crippen molar-refractivity contribution in [3.05, 3.63) is 0 Å². The highest BCUT2D eigenvalue weighted by Crippen LogP contribution is 1.98. The molecule has 0 spiro atoms. The minimum Gasteiger partial charge on any atom is -0.344 e. The number of halogens is 2. The third-order valence-electron chi connectivity index (χ3n) is 0. The summed E-state index contributed by atoms with van der Waals surface area (Å²) in [7, 11) is 4.81. The van der Waals surface area contributed by atoms with Gasteiger partial charge in [-0.1, -0.05) is 0 Å². The lowest BCUT2D eigenvalue weighted by molar-refractivity contribution is 0.621. The Morgan fingerprint density at radius 3 is 1.17 bits per heavy atom. The first-order chi connectivity index (χ1) is 2.00. The van der Waals surface area contributed by atoms with Crippen molar-refractivity contribution in [3.63, 3.8) is 0 Å². The van der Waals surface area contributed by atoms with Crippen molar-refractivity contribution in [3.8, 4) is 0 Å². The largest absolute Gasteiger partial charge is 0.344 e. The summed E-state index contributed by atoms with van der Waals surface area (Å²) in [6.07, 6.45) is 0. The zero-order valence-corrected chi connectivity index (χ0v) is 5.02. The van der Waals surface area contributed by atoms with Crippen LogP contribution in [0.15, 0.2) is 0 Å². The van der Waals surface area contributed by atoms with E-state index in [1.165, 1.54) is 0 Å². The summed E-state index contributed by atoms with van der Waals surface area (Å²) in [6.45, 7) is 0. The molecule has 0 saturated heterocycles. The molecule has 0 atom stereocenters. The summed E-state index contributed by atoms with van der Waals surface area (Å²) in [5.41, 5.74) is 0. The molecule has 0 aromatic heterocycles. The number of hydrogen-bond acceptors (Lipinski definition) is 3. The van der Waals surface area contributed by atoms with E-state index in [-0.39, 0.29) is 6.15 Å². The van der Waals surface area contributed by atoms with E-state index in [2.05, 4.69) is 21.4 Å². The predicted molar refractivity (Wildman–Crippen MR) is 25.6 cm³/mol. The van der Waals surface area contributed by atoms with Gasteiger partial charge in [0, 0.05) is 21.4 Å². The Hall–Kier alpha value is 0.490. The van der Waals surface area contributed by atoms with Crippen LogP contribution >= 0.6 is 21.4 Å². The van der Waals surface area contributed by atoms with Gasteiger partial charge in [0.15, 0.2) is 0 Å². The van der Waals surface area contributed by atoms with Crippen LogP contribution in [0.5, 0.6) is 0 Å². The summed E-state index contributed by atoms with van der Waals surface area (Å²) in [4.78, 5) is 0. The Balaban J connectivity index is 0. The maximum atomic E-state index is 9.16. The van der Waals surface area contributed by atoms with E-state index in [1.54, 1.807) is 0 Å². The first-order valence-corrected chi connectivity index (χ1v) is 3.78. The zero-order chi connectivity index (χ0) is 4.50. The smallest absolute Gasteiger partial charge is 0.317 e. The molecule has 0 unspecified atom stereocenters. The monoisotopic (exact) mass is 151 g/mol. The van der Waals surface area contributed by atoms with E-state index in [0.29, 0.717) is 0 Å². The summed E-state index contributed by atoms with van der Waals surface area (Å²) < 4.78 is 18.3. The van der Waals surface area contributed by atoms with Gasteiger partial charge < -0.3 is 6.15 Å². The molecule has 3 nitrogen and oxygen atoms in total. The van der Waals surface area contributed by atoms with Gasteiger partial charge in [-0.2, -0.15) is 8.42 Å². The fourth-order valence-corrected chi connectivity index (χ4v) is 0. The molecule has 0 fully saturated rings. The fourth-order valence-electron chi connectivity index (χ4n) is 0. The van der Waals surface area contributed by atoms with Gasteiger partial charge in [0.25, 0.3) is 0 Å². The number of rotatable bonds is 0. The van der Waals surface area contributed by atoms with Gasteiger partial charge in [-0.05, 0) is 0 Å². The third-order valence-corrected chi connectivity index (χ3v) is 0. The van der Waals surface area contributed by atoms with Gasteiger partial charge >= 0.3 is 8.26 Å². The summed E-state index contributed by atoms with van der Waals surface area (Å²) in [6, 6.07) is 0. The molecule has 0 heterocycles. The molecular weight excluding hydrogens is 149 g/mol. The highest BCUT2D eigenvalue weighted by molar-refractivity contribution is 8.31. The van der Waals surface area contributed by atoms with Gasteiger partial charge in [-0.3, -0.25) is 0 Å². The van der Waals surface area contributed by atoms with E-state index in [9.17, 15) is 0 Å². The van der Waals surface area contributed by atoms with Crippen molar-refractivity contribution in [1.29, 1.82) is 0 Å². The van der Waals surface area contributed by atoms with Crippen LogP contribution in [0.1, 0.15) is 0 Å². The van der Waals surface area contributed by atoms with E-state index in [0.717, 1.165) is 0 Å². The Bertz CT molecular complexity index is 94.7. The Labute approximate surface area is 44.7 Å². The van der Waals surface area contributed by atoms with Crippen LogP contribution in [0.4, 0.5) is 0 Å². The molecule has 0 bridgehead atoms. The molecule has 40 valence electrons. The molecule has 0 aliphatic carbocycles. The van der Waals surface area contributed by atoms with Crippen molar-refractivity contribution in [2.45, 2.75) is 0 Å². The normalized spacial score (nSPS) is 9.67. The van der Waals surface area contributed by atoms with Gasteiger partial charge in [-0.15, -0.1) is 0 Å². The summed E-state index contributed by atoms with van der Waals surface area (Å²) in [5.74, 6) is 0. The second kappa shape index (κ2) is 2.63. The average Bonchev–Trinajstić information content (AvgIpc) is 0.722. The number of hydrogen-bond donors (Lipinski definition) is 1. The minimum absolute atomic E-state index is 0. The summed E-state index contributed by atoms with van der Waals surface area (Å²) in [5, 5.41) is 0. The minimum atomic E-state index is -3.72. The van der Waals surface area contributed by atoms with E-state index in [4.69, 9.17) is 8.42 Å². The van der Waals surface area contributed by atoms with Gasteiger partial charge in [0.1, 0.15) is 0 Å². The van der Waals surface area contributed by atoms with Crippen molar-refractivity contribution < 1.29 is 8.42 Å². The Morgan fingerprint density at radius 2 is 1.17 bits per heavy atom. The average molecular weight is 152 g/mol. The van der Waals surface area contributed by atoms with Crippen LogP contribution in [-0.4, -0.2) is 8.42 Å². The third kappa shape index (κ3) is 228. The Morgan fingerprint density at radius 1 is 1.17 bits per heavy atom. The lowest BCUT2D eigenvalue weighted by atomic mass is 14.0. The van der Waals surface area contributed by atoms with E-state index < -0.39 is 8.26 Å². The molecule has 0 saturated carbocycles. The van der Waals surface area contributed by atoms with Crippen LogP contribution in [0.3, 0.4) is 0 Å². The molecule has 0 amide bonds. The van der Waals surface area contributed by atoms with Crippen LogP contribution in [0.25, 0.3) is 0 Å². The van der Waals surface area contributed by atoms with Crippen LogP contribution in [0.2, 0.25) is 0 Å². The van der Waals surface area contributed by atoms with Crippen molar-refractivity contribution in [2.75, 3.05) is 0 Å². The zero-order valence-electron chi connectivity index (χ0n) is 2.69. The molecule has 6 heteroatoms. The van der Waals surface area contributed by atoms with Gasteiger partial charge in [0.05, 0.1) is 0 Å². The molecule has 3 N–H and O–H groups in total. The van der Waals surface area contributed by atoms with E-state index >= 15 is 0 Å². The fraction of sp³-hybridized carbons (Fsp3) is 0. The van der Waals surface area contributed by atoms with Crippen molar-refractivity contribution in [2.24, 2.45) is 0 Å². The second-order valence-corrected chi connectivity index (χ2v) is 4.05. The highest BCUT2D eigenvalue weighted by atomic mass is 36.0. The molecule has 0 aliphatic rings. The van der Waals surface area contributed by atoms with Crippen molar-refractivity contribution >= 4 is 29.6 Å². The van der Waals surface area contributed by atoms with Crippen LogP contribution in [0, 0.1) is 0 Å². The molecule has 0 aromatic rings. The highest BCUT2D eigenvalue weighted by Gasteiger charge is 1.88. The van der Waals surface area contributed by atoms with Crippen LogP contribution in [-0.2, 0) is 8.26 Å². The van der Waals surface area contributed by atoms with Crippen molar-refractivity contribution in [1.82, 2.24) is 6.15 Å². The first kappa shape index (κ1) is 9.70. The summed E-state index contributed by atoms with van der Waals surface area (Å²) >= 11 is 0. The molecular formula is H3Cl2NO2S. The molecule has 6 heavy (non-hydrogen) atoms. The molecule has 0 rings (SSSR count). The molecule has 0 aliphatic heterocycles. The maximum absolute atomic E-state index is 9.16. The SMILES string of the molecule is N.O=S(=O)(Cl)Cl. The standard InChI is InChI=1S/Cl2O2S.H3N/c1-5(2,3)4;/h;1H3.